The third-order valence-electron chi connectivity index (χ3n) is 4.14. The average Bonchev–Trinajstić information content (AvgIpc) is 2.81. The Morgan fingerprint density at radius 3 is 2.73 bits per heavy atom. The van der Waals surface area contributed by atoms with E-state index in [0.29, 0.717) is 12.2 Å². The summed E-state index contributed by atoms with van der Waals surface area (Å²) < 4.78 is 5.10. The van der Waals surface area contributed by atoms with Gasteiger partial charge in [0.2, 0.25) is 0 Å². The molecule has 1 saturated heterocycles. The number of carbonyl (C=O) groups is 1. The van der Waals surface area contributed by atoms with Gasteiger partial charge in [0.25, 0.3) is 5.91 Å². The van der Waals surface area contributed by atoms with Crippen molar-refractivity contribution in [3.05, 3.63) is 35.4 Å². The third kappa shape index (κ3) is 5.78. The minimum Gasteiger partial charge on any atom is -0.380 e. The summed E-state index contributed by atoms with van der Waals surface area (Å²) in [6, 6.07) is 7.62. The first-order chi connectivity index (χ1) is 10.8. The monoisotopic (exact) mass is 304 g/mol. The number of rotatable bonds is 7. The van der Waals surface area contributed by atoms with E-state index in [0.717, 1.165) is 25.1 Å². The van der Waals surface area contributed by atoms with Gasteiger partial charge in [-0.25, -0.2) is 0 Å². The fourth-order valence-electron chi connectivity index (χ4n) is 2.94. The van der Waals surface area contributed by atoms with Crippen molar-refractivity contribution in [2.75, 3.05) is 33.3 Å². The van der Waals surface area contributed by atoms with Crippen molar-refractivity contribution in [2.45, 2.75) is 38.7 Å². The molecule has 1 N–H and O–H groups in total. The fraction of sp³-hybridized carbons (Fsp3) is 0.611. The second-order valence-corrected chi connectivity index (χ2v) is 6.00. The van der Waals surface area contributed by atoms with Gasteiger partial charge >= 0.3 is 0 Å². The summed E-state index contributed by atoms with van der Waals surface area (Å²) in [5.74, 6) is 0.00817. The molecule has 0 aliphatic carbocycles. The molecule has 4 heteroatoms. The molecule has 122 valence electrons. The minimum atomic E-state index is 0.00817. The van der Waals surface area contributed by atoms with Crippen LogP contribution >= 0.6 is 0 Å². The first kappa shape index (κ1) is 17.0. The number of carbonyl (C=O) groups excluding carboxylic acids is 1. The second kappa shape index (κ2) is 9.59. The van der Waals surface area contributed by atoms with E-state index < -0.39 is 0 Å². The van der Waals surface area contributed by atoms with Gasteiger partial charge < -0.3 is 15.0 Å². The molecule has 1 aliphatic heterocycles. The molecule has 0 atom stereocenters. The Hall–Kier alpha value is -1.39. The largest absolute Gasteiger partial charge is 0.380 e. The van der Waals surface area contributed by atoms with Gasteiger partial charge in [0.15, 0.2) is 0 Å². The third-order valence-corrected chi connectivity index (χ3v) is 4.14. The van der Waals surface area contributed by atoms with Crippen molar-refractivity contribution in [3.8, 4) is 0 Å². The predicted molar refractivity (Wildman–Crippen MR) is 89.0 cm³/mol. The van der Waals surface area contributed by atoms with Crippen molar-refractivity contribution in [3.63, 3.8) is 0 Å². The van der Waals surface area contributed by atoms with Crippen LogP contribution in [0.5, 0.6) is 0 Å². The highest BCUT2D eigenvalue weighted by Gasteiger charge is 2.09. The zero-order valence-electron chi connectivity index (χ0n) is 13.6. The molecule has 4 nitrogen and oxygen atoms in total. The first-order valence-corrected chi connectivity index (χ1v) is 8.38. The number of hydrogen-bond donors (Lipinski definition) is 1. The summed E-state index contributed by atoms with van der Waals surface area (Å²) in [5.41, 5.74) is 1.74. The lowest BCUT2D eigenvalue weighted by molar-refractivity contribution is 0.0951. The number of nitrogens with one attached hydrogen (secondary N) is 1. The molecular formula is C18H28N2O2. The Labute approximate surface area is 133 Å². The van der Waals surface area contributed by atoms with Crippen LogP contribution < -0.4 is 5.32 Å². The maximum atomic E-state index is 12.1. The summed E-state index contributed by atoms with van der Waals surface area (Å²) in [6.45, 7) is 4.80. The maximum absolute atomic E-state index is 12.1. The maximum Gasteiger partial charge on any atom is 0.251 e. The van der Waals surface area contributed by atoms with E-state index in [1.807, 2.05) is 24.3 Å². The summed E-state index contributed by atoms with van der Waals surface area (Å²) in [6.07, 6.45) is 6.39. The van der Waals surface area contributed by atoms with E-state index >= 15 is 0 Å². The Morgan fingerprint density at radius 1 is 1.23 bits per heavy atom. The number of likely N-dealkylation sites (tertiary alicyclic amines) is 1. The number of methoxy groups -OCH3 is 1. The van der Waals surface area contributed by atoms with E-state index in [1.54, 1.807) is 7.11 Å². The molecule has 0 radical (unpaired) electrons. The van der Waals surface area contributed by atoms with Crippen molar-refractivity contribution < 1.29 is 9.53 Å². The molecule has 0 saturated carbocycles. The lowest BCUT2D eigenvalue weighted by Gasteiger charge is -2.19. The van der Waals surface area contributed by atoms with Gasteiger partial charge in [-0.1, -0.05) is 25.0 Å². The normalized spacial score (nSPS) is 16.2. The van der Waals surface area contributed by atoms with Crippen molar-refractivity contribution in [1.82, 2.24) is 10.2 Å². The predicted octanol–water partition coefficient (Wildman–Crippen LogP) is 2.83. The van der Waals surface area contributed by atoms with Crippen molar-refractivity contribution >= 4 is 5.91 Å². The van der Waals surface area contributed by atoms with Gasteiger partial charge in [0, 0.05) is 19.2 Å². The number of amides is 1. The Morgan fingerprint density at radius 2 is 2.00 bits per heavy atom. The Bertz CT molecular complexity index is 454. The topological polar surface area (TPSA) is 41.6 Å². The molecule has 0 spiro atoms. The molecule has 1 fully saturated rings. The van der Waals surface area contributed by atoms with E-state index in [-0.39, 0.29) is 5.91 Å². The highest BCUT2D eigenvalue weighted by molar-refractivity contribution is 5.94. The van der Waals surface area contributed by atoms with Crippen molar-refractivity contribution in [2.24, 2.45) is 0 Å². The number of hydrogen-bond acceptors (Lipinski definition) is 3. The standard InChI is InChI=1S/C18H28N2O2/c1-22-15-16-8-6-9-17(14-16)18(21)19-10-7-13-20-11-4-2-3-5-12-20/h6,8-9,14H,2-5,7,10-13,15H2,1H3,(H,19,21). The zero-order chi connectivity index (χ0) is 15.6. The summed E-state index contributed by atoms with van der Waals surface area (Å²) in [5, 5.41) is 3.02. The van der Waals surface area contributed by atoms with E-state index in [4.69, 9.17) is 4.74 Å². The van der Waals surface area contributed by atoms with Crippen LogP contribution in [0.3, 0.4) is 0 Å². The van der Waals surface area contributed by atoms with E-state index in [2.05, 4.69) is 10.2 Å². The molecule has 0 unspecified atom stereocenters. The van der Waals surface area contributed by atoms with Crippen LogP contribution in [0.25, 0.3) is 0 Å². The van der Waals surface area contributed by atoms with Crippen molar-refractivity contribution in [1.29, 1.82) is 0 Å². The molecular weight excluding hydrogens is 276 g/mol. The SMILES string of the molecule is COCc1cccc(C(=O)NCCCN2CCCCCC2)c1. The number of ether oxygens (including phenoxy) is 1. The fourth-order valence-corrected chi connectivity index (χ4v) is 2.94. The molecule has 0 bridgehead atoms. The van der Waals surface area contributed by atoms with Crippen LogP contribution in [-0.2, 0) is 11.3 Å². The van der Waals surface area contributed by atoms with Gasteiger partial charge in [-0.3, -0.25) is 4.79 Å². The molecule has 1 aromatic carbocycles. The molecule has 22 heavy (non-hydrogen) atoms. The summed E-state index contributed by atoms with van der Waals surface area (Å²) in [4.78, 5) is 14.7. The minimum absolute atomic E-state index is 0.00817. The van der Waals surface area contributed by atoms with Crippen LogP contribution in [0, 0.1) is 0 Å². The Balaban J connectivity index is 1.69. The highest BCUT2D eigenvalue weighted by atomic mass is 16.5. The van der Waals surface area contributed by atoms with Gasteiger partial charge in [-0.15, -0.1) is 0 Å². The van der Waals surface area contributed by atoms with Gasteiger partial charge in [-0.05, 0) is 56.6 Å². The number of benzene rings is 1. The molecule has 1 amide bonds. The zero-order valence-corrected chi connectivity index (χ0v) is 13.6. The van der Waals surface area contributed by atoms with Crippen LogP contribution in [-0.4, -0.2) is 44.1 Å². The lowest BCUT2D eigenvalue weighted by Crippen LogP contribution is -2.30. The smallest absolute Gasteiger partial charge is 0.251 e. The average molecular weight is 304 g/mol. The van der Waals surface area contributed by atoms with Crippen LogP contribution in [0.2, 0.25) is 0 Å². The van der Waals surface area contributed by atoms with E-state index in [9.17, 15) is 4.79 Å². The van der Waals surface area contributed by atoms with E-state index in [1.165, 1.54) is 38.8 Å². The van der Waals surface area contributed by atoms with Gasteiger partial charge in [-0.2, -0.15) is 0 Å². The Kier molecular flexibility index (Phi) is 7.40. The quantitative estimate of drug-likeness (QED) is 0.788. The summed E-state index contributed by atoms with van der Waals surface area (Å²) >= 11 is 0. The van der Waals surface area contributed by atoms with Gasteiger partial charge in [0.05, 0.1) is 6.61 Å². The van der Waals surface area contributed by atoms with Crippen LogP contribution in [0.1, 0.15) is 48.0 Å². The van der Waals surface area contributed by atoms with Gasteiger partial charge in [0.1, 0.15) is 0 Å². The summed E-state index contributed by atoms with van der Waals surface area (Å²) in [7, 11) is 1.66. The molecule has 1 aromatic rings. The number of nitrogens with zero attached hydrogens (tertiary/aromatic N) is 1. The van der Waals surface area contributed by atoms with Crippen LogP contribution in [0.4, 0.5) is 0 Å². The lowest BCUT2D eigenvalue weighted by atomic mass is 10.1. The molecule has 1 aliphatic rings. The second-order valence-electron chi connectivity index (χ2n) is 6.00. The first-order valence-electron chi connectivity index (χ1n) is 8.38. The van der Waals surface area contributed by atoms with Crippen LogP contribution in [0.15, 0.2) is 24.3 Å². The molecule has 1 heterocycles. The highest BCUT2D eigenvalue weighted by Crippen LogP contribution is 2.10. The molecule has 0 aromatic heterocycles. The molecule has 2 rings (SSSR count).